The fourth-order valence-corrected chi connectivity index (χ4v) is 5.13. The smallest absolute Gasteiger partial charge is 0.324 e. The van der Waals surface area contributed by atoms with Crippen molar-refractivity contribution < 1.29 is 33.8 Å². The number of nitrogens with one attached hydrogen (secondary N) is 1. The van der Waals surface area contributed by atoms with E-state index >= 15 is 0 Å². The van der Waals surface area contributed by atoms with E-state index < -0.39 is 41.2 Å². The maximum absolute atomic E-state index is 13.7. The van der Waals surface area contributed by atoms with E-state index in [1.54, 1.807) is 19.1 Å². The number of rotatable bonds is 6. The second-order valence-corrected chi connectivity index (χ2v) is 8.76. The molecule has 2 saturated heterocycles. The Morgan fingerprint density at radius 3 is 2.21 bits per heavy atom. The molecule has 0 aromatic heterocycles. The number of benzene rings is 2. The second-order valence-electron chi connectivity index (χ2n) is 8.76. The second kappa shape index (κ2) is 8.25. The molecule has 2 fully saturated rings. The van der Waals surface area contributed by atoms with Gasteiger partial charge in [-0.1, -0.05) is 6.07 Å². The number of carbonyl (C=O) groups is 4. The number of hydrogen-bond acceptors (Lipinski definition) is 7. The molecule has 4 unspecified atom stereocenters. The molecule has 2 heterocycles. The van der Waals surface area contributed by atoms with Crippen molar-refractivity contribution >= 4 is 29.3 Å². The van der Waals surface area contributed by atoms with Crippen LogP contribution in [0.25, 0.3) is 0 Å². The van der Waals surface area contributed by atoms with Gasteiger partial charge in [-0.25, -0.2) is 4.90 Å². The summed E-state index contributed by atoms with van der Waals surface area (Å²) in [7, 11) is 3.01. The first-order chi connectivity index (χ1) is 16.1. The molecule has 2 aromatic rings. The molecule has 34 heavy (non-hydrogen) atoms. The van der Waals surface area contributed by atoms with Gasteiger partial charge in [0.25, 0.3) is 0 Å². The zero-order valence-electron chi connectivity index (χ0n) is 19.5. The van der Waals surface area contributed by atoms with E-state index in [1.165, 1.54) is 52.3 Å². The van der Waals surface area contributed by atoms with E-state index in [0.29, 0.717) is 33.9 Å². The van der Waals surface area contributed by atoms with E-state index in [0.717, 1.165) is 4.90 Å². The summed E-state index contributed by atoms with van der Waals surface area (Å²) in [6.45, 7) is 4.64. The highest BCUT2D eigenvalue weighted by Crippen LogP contribution is 2.52. The maximum atomic E-state index is 13.7. The van der Waals surface area contributed by atoms with Gasteiger partial charge in [-0.3, -0.25) is 24.5 Å². The Kier molecular flexibility index (Phi) is 5.69. The lowest BCUT2D eigenvalue weighted by molar-refractivity contribution is -0.147. The number of ketones is 1. The summed E-state index contributed by atoms with van der Waals surface area (Å²) in [5.74, 6) is -3.56. The average Bonchev–Trinajstić information content (AvgIpc) is 3.27. The highest BCUT2D eigenvalue weighted by molar-refractivity contribution is 6.24. The third kappa shape index (κ3) is 3.27. The number of imide groups is 1. The van der Waals surface area contributed by atoms with Gasteiger partial charge in [0.1, 0.15) is 17.0 Å². The van der Waals surface area contributed by atoms with Crippen LogP contribution in [0.2, 0.25) is 0 Å². The molecule has 0 spiro atoms. The minimum absolute atomic E-state index is 0.146. The van der Waals surface area contributed by atoms with Gasteiger partial charge in [0.15, 0.2) is 5.78 Å². The molecule has 2 aliphatic heterocycles. The highest BCUT2D eigenvalue weighted by Gasteiger charge is 2.67. The molecule has 2 aliphatic rings. The van der Waals surface area contributed by atoms with Crippen LogP contribution >= 0.6 is 0 Å². The van der Waals surface area contributed by atoms with Gasteiger partial charge in [-0.2, -0.15) is 0 Å². The largest absolute Gasteiger partial charge is 0.496 e. The number of ether oxygens (including phenoxy) is 2. The van der Waals surface area contributed by atoms with E-state index in [1.807, 2.05) is 0 Å². The topological polar surface area (TPSA) is 122 Å². The summed E-state index contributed by atoms with van der Waals surface area (Å²) in [4.78, 5) is 52.2. The van der Waals surface area contributed by atoms with Crippen molar-refractivity contribution in [3.63, 3.8) is 0 Å². The Morgan fingerprint density at radius 2 is 1.68 bits per heavy atom. The van der Waals surface area contributed by atoms with Crippen LogP contribution in [0.5, 0.6) is 11.5 Å². The number of nitrogens with zero attached hydrogens (tertiary/aromatic N) is 1. The molecule has 0 aliphatic carbocycles. The summed E-state index contributed by atoms with van der Waals surface area (Å²) in [5, 5.41) is 13.1. The molecule has 2 amide bonds. The third-order valence-corrected chi connectivity index (χ3v) is 6.91. The molecule has 9 heteroatoms. The van der Waals surface area contributed by atoms with Crippen molar-refractivity contribution in [3.05, 3.63) is 53.1 Å². The summed E-state index contributed by atoms with van der Waals surface area (Å²) < 4.78 is 11.0. The Balaban J connectivity index is 1.84. The van der Waals surface area contributed by atoms with Crippen LogP contribution in [0.1, 0.15) is 41.4 Å². The Morgan fingerprint density at radius 1 is 1.03 bits per heavy atom. The van der Waals surface area contributed by atoms with Crippen LogP contribution in [-0.2, 0) is 14.4 Å². The summed E-state index contributed by atoms with van der Waals surface area (Å²) in [5.41, 5.74) is 0.304. The molecule has 178 valence electrons. The number of carboxylic acids is 1. The normalized spacial score (nSPS) is 25.9. The van der Waals surface area contributed by atoms with Crippen molar-refractivity contribution in [1.29, 1.82) is 0 Å². The quantitative estimate of drug-likeness (QED) is 0.492. The number of aliphatic carboxylic acids is 1. The fourth-order valence-electron chi connectivity index (χ4n) is 5.13. The van der Waals surface area contributed by atoms with Crippen LogP contribution in [0, 0.1) is 18.8 Å². The van der Waals surface area contributed by atoms with E-state index in [-0.39, 0.29) is 5.78 Å². The van der Waals surface area contributed by atoms with Crippen LogP contribution in [0.4, 0.5) is 5.69 Å². The Labute approximate surface area is 196 Å². The standard InChI is InChI=1S/C25H26N2O7/c1-12-17(33-4)11-10-16(21(12)34-5)20-18-19(25(3,26-20)24(31)32)23(30)27(22(18)29)15-8-6-14(7-9-15)13(2)28/h6-11,18-20,26H,1-5H3,(H,31,32). The Hall–Kier alpha value is -3.72. The monoisotopic (exact) mass is 466 g/mol. The zero-order chi connectivity index (χ0) is 24.9. The molecule has 4 rings (SSSR count). The number of anilines is 1. The first kappa shape index (κ1) is 23.4. The number of amides is 2. The molecule has 0 saturated carbocycles. The highest BCUT2D eigenvalue weighted by atomic mass is 16.5. The minimum atomic E-state index is -1.69. The average molecular weight is 466 g/mol. The summed E-state index contributed by atoms with van der Waals surface area (Å²) in [6.07, 6.45) is 0. The molecule has 0 bridgehead atoms. The summed E-state index contributed by atoms with van der Waals surface area (Å²) >= 11 is 0. The molecule has 0 radical (unpaired) electrons. The number of fused-ring (bicyclic) bond motifs is 1. The first-order valence-electron chi connectivity index (χ1n) is 10.8. The van der Waals surface area contributed by atoms with E-state index in [2.05, 4.69) is 5.32 Å². The third-order valence-electron chi connectivity index (χ3n) is 6.91. The van der Waals surface area contributed by atoms with Gasteiger partial charge < -0.3 is 14.6 Å². The lowest BCUT2D eigenvalue weighted by Crippen LogP contribution is -2.53. The van der Waals surface area contributed by atoms with Crippen LogP contribution < -0.4 is 19.7 Å². The van der Waals surface area contributed by atoms with Crippen molar-refractivity contribution in [3.8, 4) is 11.5 Å². The molecule has 2 aromatic carbocycles. The summed E-state index contributed by atoms with van der Waals surface area (Å²) in [6, 6.07) is 8.76. The molecular formula is C25H26N2O7. The minimum Gasteiger partial charge on any atom is -0.496 e. The lowest BCUT2D eigenvalue weighted by atomic mass is 9.80. The lowest BCUT2D eigenvalue weighted by Gasteiger charge is -2.28. The van der Waals surface area contributed by atoms with Gasteiger partial charge in [-0.05, 0) is 51.1 Å². The molecule has 9 nitrogen and oxygen atoms in total. The van der Waals surface area contributed by atoms with Crippen LogP contribution in [0.3, 0.4) is 0 Å². The van der Waals surface area contributed by atoms with Gasteiger partial charge in [-0.15, -0.1) is 0 Å². The van der Waals surface area contributed by atoms with Crippen molar-refractivity contribution in [2.45, 2.75) is 32.4 Å². The van der Waals surface area contributed by atoms with Gasteiger partial charge in [0, 0.05) is 22.7 Å². The van der Waals surface area contributed by atoms with E-state index in [9.17, 15) is 24.3 Å². The number of hydrogen-bond donors (Lipinski definition) is 2. The first-order valence-corrected chi connectivity index (χ1v) is 10.8. The predicted molar refractivity (Wildman–Crippen MR) is 122 cm³/mol. The van der Waals surface area contributed by atoms with Crippen LogP contribution in [0.15, 0.2) is 36.4 Å². The molecular weight excluding hydrogens is 440 g/mol. The predicted octanol–water partition coefficient (Wildman–Crippen LogP) is 2.51. The van der Waals surface area contributed by atoms with Crippen molar-refractivity contribution in [1.82, 2.24) is 5.32 Å². The van der Waals surface area contributed by atoms with Gasteiger partial charge >= 0.3 is 5.97 Å². The van der Waals surface area contributed by atoms with Crippen molar-refractivity contribution in [2.75, 3.05) is 19.1 Å². The van der Waals surface area contributed by atoms with Crippen molar-refractivity contribution in [2.24, 2.45) is 11.8 Å². The number of carboxylic acid groups (broad SMARTS) is 1. The maximum Gasteiger partial charge on any atom is 0.324 e. The van der Waals surface area contributed by atoms with Gasteiger partial charge in [0.05, 0.1) is 31.7 Å². The Bertz CT molecular complexity index is 1210. The number of methoxy groups -OCH3 is 2. The van der Waals surface area contributed by atoms with Crippen LogP contribution in [-0.4, -0.2) is 48.4 Å². The fraction of sp³-hybridized carbons (Fsp3) is 0.360. The van der Waals surface area contributed by atoms with E-state index in [4.69, 9.17) is 9.47 Å². The SMILES string of the molecule is COc1ccc(C2NC(C)(C(=O)O)C3C(=O)N(c4ccc(C(C)=O)cc4)C(=O)C23)c(OC)c1C. The zero-order valence-corrected chi connectivity index (χ0v) is 19.5. The molecule has 4 atom stereocenters. The number of carbonyl (C=O) groups excluding carboxylic acids is 3. The molecule has 2 N–H and O–H groups in total. The van der Waals surface area contributed by atoms with Gasteiger partial charge in [0.2, 0.25) is 11.8 Å². The number of Topliss-reactive ketones (excluding diaryl/α,β-unsaturated/α-hetero) is 1.